The summed E-state index contributed by atoms with van der Waals surface area (Å²) in [5, 5.41) is 31.3. The Kier molecular flexibility index (Phi) is 6.53. The average molecular weight is 564 g/mol. The van der Waals surface area contributed by atoms with Gasteiger partial charge in [0.1, 0.15) is 12.3 Å². The Labute approximate surface area is 233 Å². The normalized spacial score (nSPS) is 30.2. The lowest BCUT2D eigenvalue weighted by Crippen LogP contribution is -2.54. The third kappa shape index (κ3) is 4.49. The van der Waals surface area contributed by atoms with E-state index in [1.165, 1.54) is 0 Å². The van der Waals surface area contributed by atoms with Crippen LogP contribution in [0.3, 0.4) is 0 Å². The SMILES string of the molecule is O=c1[nH]c(=O)n(C2CC(n3cc(C4CN5CCC4C[C@@H]5[C@@H](O)c4ccnc5ccccc45)nn3)C(CO)O2)cc1F. The van der Waals surface area contributed by atoms with Crippen molar-refractivity contribution in [2.75, 3.05) is 19.7 Å². The molecule has 2 bridgehead atoms. The lowest BCUT2D eigenvalue weighted by molar-refractivity contribution is -0.0382. The van der Waals surface area contributed by atoms with Gasteiger partial charge in [0.2, 0.25) is 5.82 Å². The van der Waals surface area contributed by atoms with Crippen LogP contribution < -0.4 is 11.2 Å². The molecule has 12 nitrogen and oxygen atoms in total. The largest absolute Gasteiger partial charge is 0.394 e. The molecule has 0 amide bonds. The number of benzene rings is 1. The van der Waals surface area contributed by atoms with Crippen molar-refractivity contribution < 1.29 is 19.3 Å². The van der Waals surface area contributed by atoms with Gasteiger partial charge in [-0.1, -0.05) is 23.4 Å². The van der Waals surface area contributed by atoms with Gasteiger partial charge in [-0.2, -0.15) is 4.39 Å². The average Bonchev–Trinajstić information content (AvgIpc) is 3.66. The number of para-hydroxylation sites is 1. The quantitative estimate of drug-likeness (QED) is 0.315. The highest BCUT2D eigenvalue weighted by molar-refractivity contribution is 5.82. The number of hydrogen-bond acceptors (Lipinski definition) is 9. The highest BCUT2D eigenvalue weighted by atomic mass is 19.1. The number of aromatic nitrogens is 6. The van der Waals surface area contributed by atoms with Gasteiger partial charge in [0, 0.05) is 42.7 Å². The summed E-state index contributed by atoms with van der Waals surface area (Å²) in [5.74, 6) is -0.637. The summed E-state index contributed by atoms with van der Waals surface area (Å²) < 4.78 is 22.4. The number of aromatic amines is 1. The Hall–Kier alpha value is -3.78. The number of nitrogens with one attached hydrogen (secondary N) is 1. The molecule has 1 aromatic carbocycles. The van der Waals surface area contributed by atoms with Crippen LogP contribution >= 0.6 is 0 Å². The van der Waals surface area contributed by atoms with E-state index in [0.717, 1.165) is 58.9 Å². The Morgan fingerprint density at radius 1 is 1.17 bits per heavy atom. The van der Waals surface area contributed by atoms with E-state index in [4.69, 9.17) is 4.74 Å². The fourth-order valence-corrected chi connectivity index (χ4v) is 6.94. The molecular formula is C28H30FN7O5. The summed E-state index contributed by atoms with van der Waals surface area (Å²) in [5.41, 5.74) is 0.699. The van der Waals surface area contributed by atoms with Crippen molar-refractivity contribution in [2.24, 2.45) is 5.92 Å². The van der Waals surface area contributed by atoms with E-state index >= 15 is 0 Å². The first-order valence-corrected chi connectivity index (χ1v) is 13.9. The molecule has 214 valence electrons. The molecule has 8 rings (SSSR count). The molecule has 3 N–H and O–H groups in total. The molecule has 13 heteroatoms. The van der Waals surface area contributed by atoms with Crippen LogP contribution in [0.4, 0.5) is 4.39 Å². The molecule has 41 heavy (non-hydrogen) atoms. The molecule has 0 radical (unpaired) electrons. The first-order chi connectivity index (χ1) is 19.9. The van der Waals surface area contributed by atoms with Crippen molar-refractivity contribution in [1.29, 1.82) is 0 Å². The summed E-state index contributed by atoms with van der Waals surface area (Å²) in [6.07, 6.45) is 4.26. The minimum Gasteiger partial charge on any atom is -0.394 e. The molecule has 7 heterocycles. The molecule has 0 spiro atoms. The van der Waals surface area contributed by atoms with E-state index in [-0.39, 0.29) is 25.0 Å². The molecule has 8 atom stereocenters. The zero-order valence-electron chi connectivity index (χ0n) is 22.1. The molecule has 0 saturated carbocycles. The van der Waals surface area contributed by atoms with Gasteiger partial charge in [0.25, 0.3) is 5.56 Å². The van der Waals surface area contributed by atoms with Crippen molar-refractivity contribution >= 4 is 10.9 Å². The Morgan fingerprint density at radius 3 is 2.83 bits per heavy atom. The number of aliphatic hydroxyl groups excluding tert-OH is 2. The number of halogens is 1. The van der Waals surface area contributed by atoms with Crippen molar-refractivity contribution in [1.82, 2.24) is 34.4 Å². The Morgan fingerprint density at radius 2 is 2.02 bits per heavy atom. The maximum Gasteiger partial charge on any atom is 0.330 e. The van der Waals surface area contributed by atoms with Crippen molar-refractivity contribution in [3.63, 3.8) is 0 Å². The zero-order chi connectivity index (χ0) is 28.2. The second-order valence-corrected chi connectivity index (χ2v) is 11.2. The predicted octanol–water partition coefficient (Wildman–Crippen LogP) is 1.25. The number of pyridine rings is 1. The van der Waals surface area contributed by atoms with Gasteiger partial charge < -0.3 is 14.9 Å². The number of piperidine rings is 3. The number of nitrogens with zero attached hydrogens (tertiary/aromatic N) is 6. The summed E-state index contributed by atoms with van der Waals surface area (Å²) in [7, 11) is 0. The van der Waals surface area contributed by atoms with Crippen LogP contribution in [-0.2, 0) is 4.74 Å². The first-order valence-electron chi connectivity index (χ1n) is 13.9. The molecule has 6 unspecified atom stereocenters. The van der Waals surface area contributed by atoms with Crippen LogP contribution in [0.15, 0.2) is 58.5 Å². The fourth-order valence-electron chi connectivity index (χ4n) is 6.94. The number of hydrogen-bond donors (Lipinski definition) is 3. The van der Waals surface area contributed by atoms with Gasteiger partial charge in [-0.15, -0.1) is 5.10 Å². The van der Waals surface area contributed by atoms with E-state index in [1.54, 1.807) is 10.9 Å². The maximum absolute atomic E-state index is 13.9. The standard InChI is InChI=1S/C28H30FN7O5/c29-19-12-35(28(40)31-27(19)39)25-10-22(24(14-37)41-25)36-13-21(32-33-36)18-11-34-8-6-15(18)9-23(34)26(38)17-5-7-30-20-4-2-1-3-16(17)20/h1-5,7,12-13,15,18,22-26,37-38H,6,8-11,14H2,(H,31,39,40)/t15?,18?,22?,23-,24?,25?,26+/m1/s1. The molecule has 4 aliphatic heterocycles. The third-order valence-corrected chi connectivity index (χ3v) is 9.03. The number of fused-ring (bicyclic) bond motifs is 4. The first kappa shape index (κ1) is 26.1. The van der Waals surface area contributed by atoms with E-state index in [9.17, 15) is 24.2 Å². The maximum atomic E-state index is 13.9. The van der Waals surface area contributed by atoms with Crippen LogP contribution in [-0.4, -0.2) is 76.5 Å². The van der Waals surface area contributed by atoms with E-state index in [0.29, 0.717) is 5.92 Å². The van der Waals surface area contributed by atoms with Gasteiger partial charge in [-0.3, -0.25) is 24.2 Å². The topological polar surface area (TPSA) is 151 Å². The van der Waals surface area contributed by atoms with Gasteiger partial charge in [-0.25, -0.2) is 9.48 Å². The highest BCUT2D eigenvalue weighted by Gasteiger charge is 2.45. The van der Waals surface area contributed by atoms with Crippen molar-refractivity contribution in [3.05, 3.63) is 86.8 Å². The molecule has 4 saturated heterocycles. The summed E-state index contributed by atoms with van der Waals surface area (Å²) in [6.45, 7) is 1.31. The predicted molar refractivity (Wildman–Crippen MR) is 143 cm³/mol. The summed E-state index contributed by atoms with van der Waals surface area (Å²) in [4.78, 5) is 32.4. The lowest BCUT2D eigenvalue weighted by Gasteiger charge is -2.50. The second kappa shape index (κ2) is 10.2. The highest BCUT2D eigenvalue weighted by Crippen LogP contribution is 2.45. The molecule has 4 aliphatic rings. The number of H-pyrrole nitrogens is 1. The van der Waals surface area contributed by atoms with Crippen LogP contribution in [0.2, 0.25) is 0 Å². The fraction of sp³-hybridized carbons (Fsp3) is 0.464. The molecule has 4 fully saturated rings. The molecule has 4 aromatic rings. The minimum absolute atomic E-state index is 0.00960. The third-order valence-electron chi connectivity index (χ3n) is 9.03. The number of ether oxygens (including phenoxy) is 1. The Balaban J connectivity index is 1.09. The van der Waals surface area contributed by atoms with Gasteiger partial charge in [0.15, 0.2) is 0 Å². The van der Waals surface area contributed by atoms with Gasteiger partial charge in [-0.05, 0) is 43.0 Å². The Bertz CT molecular complexity index is 1700. The van der Waals surface area contributed by atoms with E-state index in [1.807, 2.05) is 41.5 Å². The van der Waals surface area contributed by atoms with E-state index in [2.05, 4.69) is 20.2 Å². The van der Waals surface area contributed by atoms with Gasteiger partial charge in [0.05, 0.1) is 36.2 Å². The van der Waals surface area contributed by atoms with Crippen LogP contribution in [0, 0.1) is 11.7 Å². The summed E-state index contributed by atoms with van der Waals surface area (Å²) in [6, 6.07) is 9.31. The van der Waals surface area contributed by atoms with Crippen molar-refractivity contribution in [3.8, 4) is 0 Å². The summed E-state index contributed by atoms with van der Waals surface area (Å²) >= 11 is 0. The monoisotopic (exact) mass is 563 g/mol. The van der Waals surface area contributed by atoms with Crippen LogP contribution in [0.1, 0.15) is 54.8 Å². The number of rotatable bonds is 6. The zero-order valence-corrected chi connectivity index (χ0v) is 22.1. The second-order valence-electron chi connectivity index (χ2n) is 11.2. The van der Waals surface area contributed by atoms with E-state index < -0.39 is 41.5 Å². The molecular weight excluding hydrogens is 533 g/mol. The van der Waals surface area contributed by atoms with Crippen LogP contribution in [0.25, 0.3) is 10.9 Å². The van der Waals surface area contributed by atoms with Gasteiger partial charge >= 0.3 is 5.69 Å². The smallest absolute Gasteiger partial charge is 0.330 e. The minimum atomic E-state index is -1.10. The molecule has 0 aliphatic carbocycles. The lowest BCUT2D eigenvalue weighted by atomic mass is 9.72. The molecule has 3 aromatic heterocycles. The van der Waals surface area contributed by atoms with Crippen molar-refractivity contribution in [2.45, 2.75) is 55.7 Å². The van der Waals surface area contributed by atoms with Crippen LogP contribution in [0.5, 0.6) is 0 Å². The number of aliphatic hydroxyl groups is 2.